The van der Waals surface area contributed by atoms with Gasteiger partial charge in [-0.25, -0.2) is 0 Å². The third-order valence-electron chi connectivity index (χ3n) is 6.54. The molecule has 184 valence electrons. The minimum Gasteiger partial charge on any atom is -0.496 e. The third-order valence-corrected chi connectivity index (χ3v) is 7.61. The summed E-state index contributed by atoms with van der Waals surface area (Å²) in [6.07, 6.45) is 2.82. The summed E-state index contributed by atoms with van der Waals surface area (Å²) in [7, 11) is 1.66. The number of amides is 1. The van der Waals surface area contributed by atoms with Crippen molar-refractivity contribution in [2.75, 3.05) is 18.6 Å². The molecule has 0 N–H and O–H groups in total. The van der Waals surface area contributed by atoms with E-state index in [0.717, 1.165) is 53.8 Å². The number of methoxy groups -OCH3 is 1. The number of aromatic nitrogens is 3. The number of aryl methyl sites for hydroxylation is 2. The van der Waals surface area contributed by atoms with Crippen molar-refractivity contribution < 1.29 is 9.53 Å². The maximum absolute atomic E-state index is 13.6. The molecule has 0 radical (unpaired) electrons. The molecule has 4 aromatic rings. The van der Waals surface area contributed by atoms with Gasteiger partial charge in [-0.05, 0) is 55.5 Å². The summed E-state index contributed by atoms with van der Waals surface area (Å²) in [6.45, 7) is 3.40. The lowest BCUT2D eigenvalue weighted by molar-refractivity contribution is -0.117. The summed E-state index contributed by atoms with van der Waals surface area (Å²) >= 11 is 1.47. The Hall–Kier alpha value is -3.58. The van der Waals surface area contributed by atoms with Crippen molar-refractivity contribution in [3.05, 3.63) is 90.0 Å². The summed E-state index contributed by atoms with van der Waals surface area (Å²) in [5.41, 5.74) is 4.39. The molecule has 36 heavy (non-hydrogen) atoms. The van der Waals surface area contributed by atoms with E-state index in [2.05, 4.69) is 45.1 Å². The first-order valence-electron chi connectivity index (χ1n) is 12.3. The molecule has 1 aliphatic heterocycles. The van der Waals surface area contributed by atoms with E-state index in [1.54, 1.807) is 7.11 Å². The Labute approximate surface area is 216 Å². The summed E-state index contributed by atoms with van der Waals surface area (Å²) in [6, 6.07) is 26.4. The molecule has 3 aromatic carbocycles. The van der Waals surface area contributed by atoms with Crippen molar-refractivity contribution >= 4 is 23.4 Å². The topological polar surface area (TPSA) is 60.3 Å². The van der Waals surface area contributed by atoms with Crippen molar-refractivity contribution in [3.63, 3.8) is 0 Å². The number of carbonyl (C=O) groups is 1. The molecule has 1 amide bonds. The molecule has 0 spiro atoms. The van der Waals surface area contributed by atoms with Gasteiger partial charge in [0.1, 0.15) is 5.75 Å². The maximum Gasteiger partial charge on any atom is 0.240 e. The summed E-state index contributed by atoms with van der Waals surface area (Å²) < 4.78 is 7.72. The Morgan fingerprint density at radius 3 is 2.58 bits per heavy atom. The molecule has 1 aromatic heterocycles. The molecule has 1 atom stereocenters. The molecule has 6 nitrogen and oxygen atoms in total. The Bertz CT molecular complexity index is 1340. The zero-order valence-electron chi connectivity index (χ0n) is 20.6. The Kier molecular flexibility index (Phi) is 7.37. The van der Waals surface area contributed by atoms with E-state index in [-0.39, 0.29) is 11.2 Å². The van der Waals surface area contributed by atoms with Crippen LogP contribution in [0.1, 0.15) is 24.5 Å². The van der Waals surface area contributed by atoms with Gasteiger partial charge in [-0.3, -0.25) is 4.79 Å². The number of nitrogens with zero attached hydrogens (tertiary/aromatic N) is 4. The predicted molar refractivity (Wildman–Crippen MR) is 145 cm³/mol. The van der Waals surface area contributed by atoms with Crippen LogP contribution in [0, 0.1) is 0 Å². The highest BCUT2D eigenvalue weighted by molar-refractivity contribution is 8.00. The van der Waals surface area contributed by atoms with E-state index < -0.39 is 0 Å². The van der Waals surface area contributed by atoms with Crippen LogP contribution in [0.4, 0.5) is 5.69 Å². The van der Waals surface area contributed by atoms with Crippen molar-refractivity contribution in [1.29, 1.82) is 0 Å². The minimum absolute atomic E-state index is 0.101. The van der Waals surface area contributed by atoms with Crippen LogP contribution in [-0.2, 0) is 24.2 Å². The fourth-order valence-electron chi connectivity index (χ4n) is 4.68. The van der Waals surface area contributed by atoms with E-state index >= 15 is 0 Å². The molecule has 0 aliphatic carbocycles. The number of hydrogen-bond acceptors (Lipinski definition) is 5. The normalized spacial score (nSPS) is 13.8. The quantitative estimate of drug-likeness (QED) is 0.294. The van der Waals surface area contributed by atoms with Crippen molar-refractivity contribution in [2.24, 2.45) is 0 Å². The molecule has 0 bridgehead atoms. The monoisotopic (exact) mass is 498 g/mol. The van der Waals surface area contributed by atoms with Gasteiger partial charge in [-0.2, -0.15) is 0 Å². The van der Waals surface area contributed by atoms with Crippen LogP contribution in [-0.4, -0.2) is 39.6 Å². The zero-order chi connectivity index (χ0) is 24.9. The Morgan fingerprint density at radius 1 is 1.00 bits per heavy atom. The highest BCUT2D eigenvalue weighted by Gasteiger charge is 2.28. The molecule has 7 heteroatoms. The van der Waals surface area contributed by atoms with Crippen LogP contribution in [0.3, 0.4) is 0 Å². The van der Waals surface area contributed by atoms with Crippen molar-refractivity contribution in [1.82, 2.24) is 14.8 Å². The first-order chi connectivity index (χ1) is 17.7. The first-order valence-corrected chi connectivity index (χ1v) is 13.2. The fourth-order valence-corrected chi connectivity index (χ4v) is 5.62. The van der Waals surface area contributed by atoms with Gasteiger partial charge in [-0.1, -0.05) is 72.4 Å². The SMILES string of the molecule is COc1ccccc1-c1nnc(SC(C)C(=O)N2CCCc3ccccc32)n1CCc1ccccc1. The van der Waals surface area contributed by atoms with Crippen LogP contribution in [0.2, 0.25) is 0 Å². The average molecular weight is 499 g/mol. The van der Waals surface area contributed by atoms with Crippen LogP contribution in [0.15, 0.2) is 84.0 Å². The first kappa shape index (κ1) is 24.1. The second kappa shape index (κ2) is 11.0. The molecule has 1 aliphatic rings. The number of carbonyl (C=O) groups excluding carboxylic acids is 1. The molecule has 0 saturated carbocycles. The third kappa shape index (κ3) is 5.02. The number of hydrogen-bond donors (Lipinski definition) is 0. The van der Waals surface area contributed by atoms with E-state index in [0.29, 0.717) is 6.54 Å². The van der Waals surface area contributed by atoms with Gasteiger partial charge in [0.25, 0.3) is 0 Å². The molecular weight excluding hydrogens is 468 g/mol. The lowest BCUT2D eigenvalue weighted by atomic mass is 10.0. The van der Waals surface area contributed by atoms with Gasteiger partial charge in [0, 0.05) is 18.8 Å². The van der Waals surface area contributed by atoms with Crippen LogP contribution in [0.25, 0.3) is 11.4 Å². The minimum atomic E-state index is -0.304. The fraction of sp³-hybridized carbons (Fsp3) is 0.276. The second-order valence-electron chi connectivity index (χ2n) is 8.88. The van der Waals surface area contributed by atoms with E-state index in [9.17, 15) is 4.79 Å². The van der Waals surface area contributed by atoms with E-state index in [1.807, 2.05) is 60.4 Å². The van der Waals surface area contributed by atoms with Gasteiger partial charge >= 0.3 is 0 Å². The van der Waals surface area contributed by atoms with Crippen molar-refractivity contribution in [2.45, 2.75) is 43.1 Å². The summed E-state index contributed by atoms with van der Waals surface area (Å²) in [5, 5.41) is 9.53. The molecule has 2 heterocycles. The number of rotatable bonds is 8. The number of thioether (sulfide) groups is 1. The molecule has 0 fully saturated rings. The summed E-state index contributed by atoms with van der Waals surface area (Å²) in [4.78, 5) is 15.5. The molecule has 5 rings (SSSR count). The van der Waals surface area contributed by atoms with Crippen LogP contribution < -0.4 is 9.64 Å². The highest BCUT2D eigenvalue weighted by Crippen LogP contribution is 2.34. The standard InChI is InChI=1S/C29H30N4O2S/c1-21(28(34)32-19-10-14-23-13-6-8-16-25(23)32)36-29-31-30-27(24-15-7-9-17-26(24)35-2)33(29)20-18-22-11-4-3-5-12-22/h3-9,11-13,15-17,21H,10,14,18-20H2,1-2H3. The smallest absolute Gasteiger partial charge is 0.240 e. The summed E-state index contributed by atoms with van der Waals surface area (Å²) in [5.74, 6) is 1.59. The highest BCUT2D eigenvalue weighted by atomic mass is 32.2. The second-order valence-corrected chi connectivity index (χ2v) is 10.2. The van der Waals surface area contributed by atoms with E-state index in [1.165, 1.54) is 22.9 Å². The van der Waals surface area contributed by atoms with Crippen LogP contribution in [0.5, 0.6) is 5.75 Å². The Morgan fingerprint density at radius 2 is 1.75 bits per heavy atom. The average Bonchev–Trinajstić information content (AvgIpc) is 3.33. The lowest BCUT2D eigenvalue weighted by Crippen LogP contribution is -2.40. The zero-order valence-corrected chi connectivity index (χ0v) is 21.4. The van der Waals surface area contributed by atoms with Crippen molar-refractivity contribution in [3.8, 4) is 17.1 Å². The molecule has 1 unspecified atom stereocenters. The number of ether oxygens (including phenoxy) is 1. The van der Waals surface area contributed by atoms with Gasteiger partial charge in [0.2, 0.25) is 5.91 Å². The van der Waals surface area contributed by atoms with Gasteiger partial charge in [0.05, 0.1) is 17.9 Å². The number of fused-ring (bicyclic) bond motifs is 1. The van der Waals surface area contributed by atoms with E-state index in [4.69, 9.17) is 4.74 Å². The molecule has 0 saturated heterocycles. The lowest BCUT2D eigenvalue weighted by Gasteiger charge is -2.31. The number of anilines is 1. The number of para-hydroxylation sites is 2. The van der Waals surface area contributed by atoms with Gasteiger partial charge in [-0.15, -0.1) is 10.2 Å². The Balaban J connectivity index is 1.43. The largest absolute Gasteiger partial charge is 0.496 e. The number of benzene rings is 3. The molecular formula is C29H30N4O2S. The maximum atomic E-state index is 13.6. The predicted octanol–water partition coefficient (Wildman–Crippen LogP) is 5.66. The van der Waals surface area contributed by atoms with Gasteiger partial charge < -0.3 is 14.2 Å². The van der Waals surface area contributed by atoms with Crippen LogP contribution >= 0.6 is 11.8 Å². The van der Waals surface area contributed by atoms with Gasteiger partial charge in [0.15, 0.2) is 11.0 Å².